The van der Waals surface area contributed by atoms with Gasteiger partial charge >= 0.3 is 6.03 Å². The van der Waals surface area contributed by atoms with Gasteiger partial charge in [0.05, 0.1) is 6.04 Å². The van der Waals surface area contributed by atoms with Crippen LogP contribution in [0.1, 0.15) is 37.4 Å². The summed E-state index contributed by atoms with van der Waals surface area (Å²) in [5.41, 5.74) is 3.16. The molecule has 0 saturated carbocycles. The Balaban J connectivity index is 1.62. The van der Waals surface area contributed by atoms with Gasteiger partial charge in [0, 0.05) is 5.69 Å². The summed E-state index contributed by atoms with van der Waals surface area (Å²) < 4.78 is 0. The third kappa shape index (κ3) is 4.23. The minimum Gasteiger partial charge on any atom is -0.347 e. The molecule has 0 unspecified atom stereocenters. The van der Waals surface area contributed by atoms with Crippen LogP contribution in [0.4, 0.5) is 10.5 Å². The van der Waals surface area contributed by atoms with Crippen molar-refractivity contribution in [1.82, 2.24) is 10.6 Å². The Bertz CT molecular complexity index is 774. The average molecular weight is 351 g/mol. The first-order valence-electron chi connectivity index (χ1n) is 9.05. The lowest BCUT2D eigenvalue weighted by Gasteiger charge is -2.24. The molecule has 0 heterocycles. The van der Waals surface area contributed by atoms with Gasteiger partial charge in [-0.05, 0) is 42.0 Å². The molecule has 3 rings (SSSR count). The van der Waals surface area contributed by atoms with Gasteiger partial charge < -0.3 is 16.0 Å². The molecule has 3 amide bonds. The summed E-state index contributed by atoms with van der Waals surface area (Å²) >= 11 is 0. The second kappa shape index (κ2) is 8.04. The molecule has 2 aromatic carbocycles. The summed E-state index contributed by atoms with van der Waals surface area (Å²) in [4.78, 5) is 25.0. The van der Waals surface area contributed by atoms with Crippen molar-refractivity contribution in [3.8, 4) is 0 Å². The summed E-state index contributed by atoms with van der Waals surface area (Å²) in [5.74, 6) is -0.168. The number of amides is 3. The SMILES string of the molecule is CC(C)[C@H](NC(=O)Nc1ccccc1)C(=O)N[C@@H]1CCc2ccccc21. The topological polar surface area (TPSA) is 70.2 Å². The lowest BCUT2D eigenvalue weighted by atomic mass is 10.0. The lowest BCUT2D eigenvalue weighted by Crippen LogP contribution is -2.51. The number of carbonyl (C=O) groups is 2. The number of urea groups is 1. The average Bonchev–Trinajstić information content (AvgIpc) is 3.03. The number of benzene rings is 2. The third-order valence-electron chi connectivity index (χ3n) is 4.72. The van der Waals surface area contributed by atoms with Crippen molar-refractivity contribution in [3.63, 3.8) is 0 Å². The van der Waals surface area contributed by atoms with Crippen LogP contribution in [0.2, 0.25) is 0 Å². The van der Waals surface area contributed by atoms with Gasteiger partial charge in [-0.3, -0.25) is 4.79 Å². The van der Waals surface area contributed by atoms with E-state index in [1.807, 2.05) is 44.2 Å². The molecule has 26 heavy (non-hydrogen) atoms. The number of hydrogen-bond donors (Lipinski definition) is 3. The van der Waals surface area contributed by atoms with E-state index in [2.05, 4.69) is 28.1 Å². The molecule has 1 aliphatic carbocycles. The van der Waals surface area contributed by atoms with E-state index in [1.165, 1.54) is 11.1 Å². The highest BCUT2D eigenvalue weighted by molar-refractivity contribution is 5.93. The highest BCUT2D eigenvalue weighted by Gasteiger charge is 2.29. The maximum Gasteiger partial charge on any atom is 0.319 e. The van der Waals surface area contributed by atoms with Crippen molar-refractivity contribution in [2.24, 2.45) is 5.92 Å². The van der Waals surface area contributed by atoms with E-state index in [4.69, 9.17) is 0 Å². The van der Waals surface area contributed by atoms with Crippen molar-refractivity contribution in [2.75, 3.05) is 5.32 Å². The zero-order valence-electron chi connectivity index (χ0n) is 15.2. The normalized spacial score (nSPS) is 16.7. The summed E-state index contributed by atoms with van der Waals surface area (Å²) in [6, 6.07) is 16.4. The van der Waals surface area contributed by atoms with E-state index < -0.39 is 6.04 Å². The number of anilines is 1. The summed E-state index contributed by atoms with van der Waals surface area (Å²) in [7, 11) is 0. The molecular weight excluding hydrogens is 326 g/mol. The predicted molar refractivity (Wildman–Crippen MR) is 103 cm³/mol. The van der Waals surface area contributed by atoms with Crippen LogP contribution in [0.3, 0.4) is 0 Å². The molecule has 5 nitrogen and oxygen atoms in total. The van der Waals surface area contributed by atoms with Gasteiger partial charge in [-0.2, -0.15) is 0 Å². The number of fused-ring (bicyclic) bond motifs is 1. The van der Waals surface area contributed by atoms with Crippen LogP contribution in [-0.4, -0.2) is 18.0 Å². The number of hydrogen-bond acceptors (Lipinski definition) is 2. The Hall–Kier alpha value is -2.82. The van der Waals surface area contributed by atoms with Crippen LogP contribution in [0.25, 0.3) is 0 Å². The van der Waals surface area contributed by atoms with Gasteiger partial charge in [0.1, 0.15) is 6.04 Å². The molecule has 0 fully saturated rings. The highest BCUT2D eigenvalue weighted by Crippen LogP contribution is 2.30. The monoisotopic (exact) mass is 351 g/mol. The van der Waals surface area contributed by atoms with Gasteiger partial charge in [-0.1, -0.05) is 56.3 Å². The molecule has 3 N–H and O–H groups in total. The standard InChI is InChI=1S/C21H25N3O2/c1-14(2)19(24-21(26)22-16-9-4-3-5-10-16)20(25)23-18-13-12-15-8-6-7-11-17(15)18/h3-11,14,18-19H,12-13H2,1-2H3,(H,23,25)(H2,22,24,26)/t18-,19+/m1/s1. The Labute approximate surface area is 154 Å². The van der Waals surface area contributed by atoms with Crippen molar-refractivity contribution < 1.29 is 9.59 Å². The van der Waals surface area contributed by atoms with E-state index in [9.17, 15) is 9.59 Å². The quantitative estimate of drug-likeness (QED) is 0.770. The van der Waals surface area contributed by atoms with E-state index in [0.29, 0.717) is 5.69 Å². The first kappa shape index (κ1) is 18.0. The maximum atomic E-state index is 12.8. The molecule has 0 spiro atoms. The fourth-order valence-corrected chi connectivity index (χ4v) is 3.33. The van der Waals surface area contributed by atoms with Crippen LogP contribution in [0, 0.1) is 5.92 Å². The lowest BCUT2D eigenvalue weighted by molar-refractivity contribution is -0.124. The molecule has 0 bridgehead atoms. The summed E-state index contributed by atoms with van der Waals surface area (Å²) in [6.07, 6.45) is 1.86. The van der Waals surface area contributed by atoms with Crippen molar-refractivity contribution >= 4 is 17.6 Å². The zero-order valence-corrected chi connectivity index (χ0v) is 15.2. The second-order valence-corrected chi connectivity index (χ2v) is 6.98. The number of nitrogens with one attached hydrogen (secondary N) is 3. The van der Waals surface area contributed by atoms with Crippen molar-refractivity contribution in [1.29, 1.82) is 0 Å². The van der Waals surface area contributed by atoms with E-state index in [-0.39, 0.29) is 23.9 Å². The molecule has 0 radical (unpaired) electrons. The zero-order chi connectivity index (χ0) is 18.5. The number of rotatable bonds is 5. The molecular formula is C21H25N3O2. The van der Waals surface area contributed by atoms with E-state index >= 15 is 0 Å². The fourth-order valence-electron chi connectivity index (χ4n) is 3.33. The molecule has 0 aromatic heterocycles. The molecule has 1 aliphatic rings. The van der Waals surface area contributed by atoms with Crippen LogP contribution in [0.5, 0.6) is 0 Å². The largest absolute Gasteiger partial charge is 0.347 e. The van der Waals surface area contributed by atoms with Gasteiger partial charge in [-0.25, -0.2) is 4.79 Å². The highest BCUT2D eigenvalue weighted by atomic mass is 16.2. The molecule has 5 heteroatoms. The predicted octanol–water partition coefficient (Wildman–Crippen LogP) is 3.64. The Morgan fingerprint density at radius 1 is 1.00 bits per heavy atom. The minimum atomic E-state index is -0.591. The van der Waals surface area contributed by atoms with Crippen LogP contribution < -0.4 is 16.0 Å². The van der Waals surface area contributed by atoms with Crippen molar-refractivity contribution in [2.45, 2.75) is 38.8 Å². The fraction of sp³-hybridized carbons (Fsp3) is 0.333. The van der Waals surface area contributed by atoms with Crippen LogP contribution >= 0.6 is 0 Å². The molecule has 2 aromatic rings. The number of para-hydroxylation sites is 1. The van der Waals surface area contributed by atoms with Gasteiger partial charge in [0.2, 0.25) is 5.91 Å². The summed E-state index contributed by atoms with van der Waals surface area (Å²) in [5, 5.41) is 8.67. The van der Waals surface area contributed by atoms with Crippen molar-refractivity contribution in [3.05, 3.63) is 65.7 Å². The van der Waals surface area contributed by atoms with Crippen LogP contribution in [0.15, 0.2) is 54.6 Å². The minimum absolute atomic E-state index is 0.0129. The smallest absolute Gasteiger partial charge is 0.319 e. The van der Waals surface area contributed by atoms with E-state index in [1.54, 1.807) is 12.1 Å². The van der Waals surface area contributed by atoms with Gasteiger partial charge in [0.15, 0.2) is 0 Å². The van der Waals surface area contributed by atoms with Gasteiger partial charge in [-0.15, -0.1) is 0 Å². The summed E-state index contributed by atoms with van der Waals surface area (Å²) in [6.45, 7) is 3.85. The van der Waals surface area contributed by atoms with E-state index in [0.717, 1.165) is 12.8 Å². The molecule has 0 saturated heterocycles. The Kier molecular flexibility index (Phi) is 5.56. The molecule has 2 atom stereocenters. The van der Waals surface area contributed by atoms with Crippen LogP contribution in [-0.2, 0) is 11.2 Å². The second-order valence-electron chi connectivity index (χ2n) is 6.98. The Morgan fingerprint density at radius 2 is 1.69 bits per heavy atom. The first-order chi connectivity index (χ1) is 12.5. The number of carbonyl (C=O) groups excluding carboxylic acids is 2. The molecule has 0 aliphatic heterocycles. The third-order valence-corrected chi connectivity index (χ3v) is 4.72. The number of aryl methyl sites for hydroxylation is 1. The Morgan fingerprint density at radius 3 is 2.42 bits per heavy atom. The molecule has 136 valence electrons. The maximum absolute atomic E-state index is 12.8. The van der Waals surface area contributed by atoms with Gasteiger partial charge in [0.25, 0.3) is 0 Å². The first-order valence-corrected chi connectivity index (χ1v) is 9.05.